The van der Waals surface area contributed by atoms with Gasteiger partial charge in [-0.15, -0.1) is 0 Å². The molecule has 0 bridgehead atoms. The average Bonchev–Trinajstić information content (AvgIpc) is 2.71. The fraction of sp³-hybridized carbons (Fsp3) is 0.0500. The summed E-state index contributed by atoms with van der Waals surface area (Å²) in [6.07, 6.45) is 0. The third kappa shape index (κ3) is 6.41. The monoisotopic (exact) mass is 518 g/mol. The molecule has 0 spiro atoms. The largest absolute Gasteiger partial charge is 0.482 e. The van der Waals surface area contributed by atoms with E-state index in [-0.39, 0.29) is 22.3 Å². The van der Waals surface area contributed by atoms with E-state index in [1.54, 1.807) is 24.3 Å². The summed E-state index contributed by atoms with van der Waals surface area (Å²) in [5.74, 6) is -0.360. The first kappa shape index (κ1) is 23.5. The zero-order chi connectivity index (χ0) is 22.6. The summed E-state index contributed by atoms with van der Waals surface area (Å²) in [6.45, 7) is -0.377. The standard InChI is InChI=1S/C20H14Cl4N2O4S/c21-12-1-4-14(5-2-12)26-31(28,29)15-6-8-19(17(24)10-15)30-11-20(27)25-18-9-13(22)3-7-16(18)23/h1-10,26H,11H2,(H,25,27). The normalized spacial score (nSPS) is 11.1. The minimum absolute atomic E-state index is 0.0209. The van der Waals surface area contributed by atoms with Gasteiger partial charge in [-0.05, 0) is 60.7 Å². The van der Waals surface area contributed by atoms with Crippen LogP contribution in [0.25, 0.3) is 0 Å². The van der Waals surface area contributed by atoms with Crippen molar-refractivity contribution in [1.82, 2.24) is 0 Å². The van der Waals surface area contributed by atoms with Gasteiger partial charge in [0.05, 0.1) is 20.6 Å². The number of hydrogen-bond donors (Lipinski definition) is 2. The van der Waals surface area contributed by atoms with Crippen molar-refractivity contribution in [2.24, 2.45) is 0 Å². The van der Waals surface area contributed by atoms with Gasteiger partial charge in [0.15, 0.2) is 6.61 Å². The Labute approximate surface area is 199 Å². The molecule has 0 saturated heterocycles. The molecule has 0 aliphatic rings. The highest BCUT2D eigenvalue weighted by Crippen LogP contribution is 2.29. The number of ether oxygens (including phenoxy) is 1. The Balaban J connectivity index is 1.65. The maximum atomic E-state index is 12.5. The van der Waals surface area contributed by atoms with Crippen molar-refractivity contribution in [3.8, 4) is 5.75 Å². The van der Waals surface area contributed by atoms with Crippen LogP contribution in [0.2, 0.25) is 20.1 Å². The fourth-order valence-electron chi connectivity index (χ4n) is 2.42. The summed E-state index contributed by atoms with van der Waals surface area (Å²) < 4.78 is 32.9. The van der Waals surface area contributed by atoms with Crippen LogP contribution in [0.4, 0.5) is 11.4 Å². The lowest BCUT2D eigenvalue weighted by Gasteiger charge is -2.12. The third-order valence-corrected chi connectivity index (χ3v) is 6.36. The van der Waals surface area contributed by atoms with E-state index in [2.05, 4.69) is 10.0 Å². The van der Waals surface area contributed by atoms with Crippen LogP contribution in [0.3, 0.4) is 0 Å². The summed E-state index contributed by atoms with van der Waals surface area (Å²) in [7, 11) is -3.89. The van der Waals surface area contributed by atoms with E-state index in [0.717, 1.165) is 0 Å². The van der Waals surface area contributed by atoms with E-state index < -0.39 is 15.9 Å². The summed E-state index contributed by atoms with van der Waals surface area (Å²) in [4.78, 5) is 12.0. The highest BCUT2D eigenvalue weighted by Gasteiger charge is 2.17. The van der Waals surface area contributed by atoms with Crippen molar-refractivity contribution < 1.29 is 17.9 Å². The molecule has 0 aliphatic heterocycles. The van der Waals surface area contributed by atoms with Gasteiger partial charge >= 0.3 is 0 Å². The van der Waals surface area contributed by atoms with E-state index >= 15 is 0 Å². The van der Waals surface area contributed by atoms with E-state index in [9.17, 15) is 13.2 Å². The summed E-state index contributed by atoms with van der Waals surface area (Å²) in [6, 6.07) is 14.7. The Bertz CT molecular complexity index is 1220. The predicted molar refractivity (Wildman–Crippen MR) is 124 cm³/mol. The number of carbonyl (C=O) groups excluding carboxylic acids is 1. The molecular formula is C20H14Cl4N2O4S. The number of carbonyl (C=O) groups is 1. The number of halogens is 4. The molecule has 0 fully saturated rings. The van der Waals surface area contributed by atoms with Gasteiger partial charge in [0.25, 0.3) is 15.9 Å². The van der Waals surface area contributed by atoms with Crippen LogP contribution in [-0.2, 0) is 14.8 Å². The molecule has 3 aromatic rings. The third-order valence-electron chi connectivity index (χ3n) is 3.87. The van der Waals surface area contributed by atoms with E-state index in [4.69, 9.17) is 51.1 Å². The second kappa shape index (κ2) is 9.97. The number of rotatable bonds is 7. The number of hydrogen-bond acceptors (Lipinski definition) is 4. The number of nitrogens with one attached hydrogen (secondary N) is 2. The van der Waals surface area contributed by atoms with Crippen LogP contribution in [0.1, 0.15) is 0 Å². The molecule has 0 aliphatic carbocycles. The topological polar surface area (TPSA) is 84.5 Å². The van der Waals surface area contributed by atoms with Crippen LogP contribution >= 0.6 is 46.4 Å². The zero-order valence-electron chi connectivity index (χ0n) is 15.5. The average molecular weight is 520 g/mol. The van der Waals surface area contributed by atoms with Crippen LogP contribution in [0, 0.1) is 0 Å². The van der Waals surface area contributed by atoms with Gasteiger partial charge < -0.3 is 10.1 Å². The van der Waals surface area contributed by atoms with E-state index in [1.165, 1.54) is 36.4 Å². The Kier molecular flexibility index (Phi) is 7.56. The van der Waals surface area contributed by atoms with Crippen LogP contribution in [0.15, 0.2) is 65.6 Å². The first-order chi connectivity index (χ1) is 14.6. The van der Waals surface area contributed by atoms with Gasteiger partial charge in [0.2, 0.25) is 0 Å². The lowest BCUT2D eigenvalue weighted by atomic mass is 10.3. The van der Waals surface area contributed by atoms with Crippen LogP contribution in [0.5, 0.6) is 5.75 Å². The molecule has 0 heterocycles. The predicted octanol–water partition coefficient (Wildman–Crippen LogP) is 6.12. The number of amides is 1. The molecule has 0 saturated carbocycles. The van der Waals surface area contributed by atoms with Crippen LogP contribution < -0.4 is 14.8 Å². The summed E-state index contributed by atoms with van der Waals surface area (Å²) >= 11 is 23.8. The lowest BCUT2D eigenvalue weighted by Crippen LogP contribution is -2.20. The van der Waals surface area contributed by atoms with Crippen molar-refractivity contribution in [3.05, 3.63) is 80.8 Å². The molecule has 6 nitrogen and oxygen atoms in total. The zero-order valence-corrected chi connectivity index (χ0v) is 19.4. The minimum atomic E-state index is -3.89. The van der Waals surface area contributed by atoms with Gasteiger partial charge in [-0.2, -0.15) is 0 Å². The quantitative estimate of drug-likeness (QED) is 0.394. The molecule has 3 aromatic carbocycles. The SMILES string of the molecule is O=C(COc1ccc(S(=O)(=O)Nc2ccc(Cl)cc2)cc1Cl)Nc1cc(Cl)ccc1Cl. The van der Waals surface area contributed by atoms with Gasteiger partial charge in [-0.1, -0.05) is 46.4 Å². The lowest BCUT2D eigenvalue weighted by molar-refractivity contribution is -0.118. The molecule has 2 N–H and O–H groups in total. The van der Waals surface area contributed by atoms with Gasteiger partial charge in [0.1, 0.15) is 5.75 Å². The second-order valence-electron chi connectivity index (χ2n) is 6.17. The molecule has 31 heavy (non-hydrogen) atoms. The molecule has 3 rings (SSSR count). The molecule has 0 atom stereocenters. The van der Waals surface area contributed by atoms with Crippen molar-refractivity contribution in [3.63, 3.8) is 0 Å². The molecular weight excluding hydrogens is 506 g/mol. The Hall–Kier alpha value is -2.16. The Morgan fingerprint density at radius 3 is 2.19 bits per heavy atom. The van der Waals surface area contributed by atoms with Gasteiger partial charge in [0, 0.05) is 15.7 Å². The second-order valence-corrected chi connectivity index (χ2v) is 9.54. The first-order valence-electron chi connectivity index (χ1n) is 8.60. The highest BCUT2D eigenvalue weighted by atomic mass is 35.5. The Morgan fingerprint density at radius 2 is 1.52 bits per heavy atom. The molecule has 1 amide bonds. The molecule has 0 radical (unpaired) electrons. The highest BCUT2D eigenvalue weighted by molar-refractivity contribution is 7.92. The Morgan fingerprint density at radius 1 is 0.839 bits per heavy atom. The van der Waals surface area contributed by atoms with Gasteiger partial charge in [-0.3, -0.25) is 9.52 Å². The molecule has 11 heteroatoms. The maximum absolute atomic E-state index is 12.5. The summed E-state index contributed by atoms with van der Waals surface area (Å²) in [5.41, 5.74) is 0.681. The van der Waals surface area contributed by atoms with E-state index in [0.29, 0.717) is 26.4 Å². The van der Waals surface area contributed by atoms with Crippen molar-refractivity contribution in [2.45, 2.75) is 4.90 Å². The minimum Gasteiger partial charge on any atom is -0.482 e. The fourth-order valence-corrected chi connectivity index (χ4v) is 4.27. The smallest absolute Gasteiger partial charge is 0.262 e. The maximum Gasteiger partial charge on any atom is 0.262 e. The molecule has 0 unspecified atom stereocenters. The number of benzene rings is 3. The van der Waals surface area contributed by atoms with Gasteiger partial charge in [-0.25, -0.2) is 8.42 Å². The first-order valence-corrected chi connectivity index (χ1v) is 11.6. The van der Waals surface area contributed by atoms with Crippen molar-refractivity contribution in [1.29, 1.82) is 0 Å². The number of sulfonamides is 1. The summed E-state index contributed by atoms with van der Waals surface area (Å²) in [5, 5.41) is 3.80. The van der Waals surface area contributed by atoms with Crippen LogP contribution in [-0.4, -0.2) is 20.9 Å². The van der Waals surface area contributed by atoms with E-state index in [1.807, 2.05) is 0 Å². The molecule has 0 aromatic heterocycles. The number of anilines is 2. The molecule has 162 valence electrons. The van der Waals surface area contributed by atoms with Crippen molar-refractivity contribution in [2.75, 3.05) is 16.6 Å². The van der Waals surface area contributed by atoms with Crippen molar-refractivity contribution >= 4 is 73.7 Å².